The second-order valence-electron chi connectivity index (χ2n) is 4.72. The van der Waals surface area contributed by atoms with Crippen molar-refractivity contribution in [2.45, 2.75) is 26.5 Å². The zero-order valence-electron chi connectivity index (χ0n) is 11.9. The quantitative estimate of drug-likeness (QED) is 0.794. The standard InChI is InChI=1S/C16H18F2N2O/c1-2-5-19-10-13-7-14(17)16(15(18)8-13)21-11-12-4-3-6-20-9-12/h3-4,6-9,19H,2,5,10-11H2,1H3. The maximum atomic E-state index is 13.9. The number of hydrogen-bond acceptors (Lipinski definition) is 3. The molecule has 0 fully saturated rings. The number of nitrogens with zero attached hydrogens (tertiary/aromatic N) is 1. The minimum atomic E-state index is -0.688. The molecule has 3 nitrogen and oxygen atoms in total. The largest absolute Gasteiger partial charge is 0.483 e. The normalized spacial score (nSPS) is 10.6. The molecule has 0 spiro atoms. The van der Waals surface area contributed by atoms with Gasteiger partial charge in [0.25, 0.3) is 0 Å². The Kier molecular flexibility index (Phi) is 5.63. The minimum absolute atomic E-state index is 0.0785. The van der Waals surface area contributed by atoms with E-state index < -0.39 is 11.6 Å². The van der Waals surface area contributed by atoms with Crippen molar-refractivity contribution in [3.8, 4) is 5.75 Å². The first-order valence-electron chi connectivity index (χ1n) is 6.91. The maximum absolute atomic E-state index is 13.9. The molecule has 0 radical (unpaired) electrons. The predicted octanol–water partition coefficient (Wildman–Crippen LogP) is 3.44. The molecule has 21 heavy (non-hydrogen) atoms. The van der Waals surface area contributed by atoms with Gasteiger partial charge in [0.15, 0.2) is 17.4 Å². The Morgan fingerprint density at radius 3 is 2.57 bits per heavy atom. The molecule has 1 heterocycles. The van der Waals surface area contributed by atoms with E-state index in [9.17, 15) is 8.78 Å². The molecular formula is C16H18F2N2O. The van der Waals surface area contributed by atoms with Gasteiger partial charge in [0.1, 0.15) is 6.61 Å². The summed E-state index contributed by atoms with van der Waals surface area (Å²) < 4.78 is 33.1. The molecular weight excluding hydrogens is 274 g/mol. The lowest BCUT2D eigenvalue weighted by Crippen LogP contribution is -2.14. The Morgan fingerprint density at radius 2 is 1.95 bits per heavy atom. The van der Waals surface area contributed by atoms with Crippen molar-refractivity contribution >= 4 is 0 Å². The van der Waals surface area contributed by atoms with Gasteiger partial charge in [0, 0.05) is 24.5 Å². The van der Waals surface area contributed by atoms with E-state index in [2.05, 4.69) is 10.3 Å². The molecule has 0 saturated heterocycles. The van der Waals surface area contributed by atoms with Crippen LogP contribution in [0, 0.1) is 11.6 Å². The number of nitrogens with one attached hydrogen (secondary N) is 1. The SMILES string of the molecule is CCCNCc1cc(F)c(OCc2cccnc2)c(F)c1. The number of benzene rings is 1. The molecule has 1 aromatic carbocycles. The molecule has 5 heteroatoms. The third-order valence-corrected chi connectivity index (χ3v) is 2.92. The number of pyridine rings is 1. The predicted molar refractivity (Wildman–Crippen MR) is 76.9 cm³/mol. The van der Waals surface area contributed by atoms with Crippen LogP contribution in [0.25, 0.3) is 0 Å². The number of ether oxygens (including phenoxy) is 1. The van der Waals surface area contributed by atoms with E-state index in [1.54, 1.807) is 24.5 Å². The Bertz CT molecular complexity index is 553. The second-order valence-corrected chi connectivity index (χ2v) is 4.72. The fourth-order valence-electron chi connectivity index (χ4n) is 1.90. The van der Waals surface area contributed by atoms with Crippen LogP contribution in [-0.2, 0) is 13.2 Å². The molecule has 0 bridgehead atoms. The van der Waals surface area contributed by atoms with Crippen LogP contribution in [0.4, 0.5) is 8.78 Å². The van der Waals surface area contributed by atoms with E-state index in [0.29, 0.717) is 12.1 Å². The summed E-state index contributed by atoms with van der Waals surface area (Å²) in [5.41, 5.74) is 1.32. The van der Waals surface area contributed by atoms with Crippen LogP contribution in [-0.4, -0.2) is 11.5 Å². The van der Waals surface area contributed by atoms with E-state index in [1.165, 1.54) is 12.1 Å². The minimum Gasteiger partial charge on any atom is -0.483 e. The smallest absolute Gasteiger partial charge is 0.191 e. The first kappa shape index (κ1) is 15.4. The van der Waals surface area contributed by atoms with E-state index >= 15 is 0 Å². The summed E-state index contributed by atoms with van der Waals surface area (Å²) in [5.74, 6) is -1.72. The van der Waals surface area contributed by atoms with Crippen molar-refractivity contribution in [2.75, 3.05) is 6.54 Å². The van der Waals surface area contributed by atoms with Crippen LogP contribution in [0.3, 0.4) is 0 Å². The van der Waals surface area contributed by atoms with Crippen molar-refractivity contribution in [3.05, 3.63) is 59.4 Å². The maximum Gasteiger partial charge on any atom is 0.191 e. The number of aromatic nitrogens is 1. The van der Waals surface area contributed by atoms with Crippen molar-refractivity contribution < 1.29 is 13.5 Å². The summed E-state index contributed by atoms with van der Waals surface area (Å²) in [6, 6.07) is 6.12. The molecule has 0 unspecified atom stereocenters. The highest BCUT2D eigenvalue weighted by Gasteiger charge is 2.12. The fraction of sp³-hybridized carbons (Fsp3) is 0.312. The number of halogens is 2. The Morgan fingerprint density at radius 1 is 1.19 bits per heavy atom. The molecule has 1 N–H and O–H groups in total. The van der Waals surface area contributed by atoms with E-state index in [0.717, 1.165) is 18.5 Å². The number of hydrogen-bond donors (Lipinski definition) is 1. The molecule has 112 valence electrons. The van der Waals surface area contributed by atoms with Gasteiger partial charge in [-0.05, 0) is 36.7 Å². The molecule has 0 saturated carbocycles. The fourth-order valence-corrected chi connectivity index (χ4v) is 1.90. The van der Waals surface area contributed by atoms with Crippen LogP contribution < -0.4 is 10.1 Å². The van der Waals surface area contributed by atoms with Gasteiger partial charge in [-0.25, -0.2) is 8.78 Å². The zero-order chi connectivity index (χ0) is 15.1. The van der Waals surface area contributed by atoms with Gasteiger partial charge < -0.3 is 10.1 Å². The molecule has 0 amide bonds. The highest BCUT2D eigenvalue weighted by molar-refractivity contribution is 5.31. The topological polar surface area (TPSA) is 34.1 Å². The van der Waals surface area contributed by atoms with E-state index in [4.69, 9.17) is 4.74 Å². The highest BCUT2D eigenvalue weighted by Crippen LogP contribution is 2.24. The van der Waals surface area contributed by atoms with Crippen LogP contribution in [0.5, 0.6) is 5.75 Å². The summed E-state index contributed by atoms with van der Waals surface area (Å²) in [6.07, 6.45) is 4.19. The van der Waals surface area contributed by atoms with Crippen molar-refractivity contribution in [1.29, 1.82) is 0 Å². The second kappa shape index (κ2) is 7.69. The molecule has 0 aliphatic rings. The van der Waals surface area contributed by atoms with Crippen molar-refractivity contribution in [2.24, 2.45) is 0 Å². The van der Waals surface area contributed by atoms with Gasteiger partial charge >= 0.3 is 0 Å². The third kappa shape index (κ3) is 4.49. The van der Waals surface area contributed by atoms with Gasteiger partial charge in [-0.2, -0.15) is 0 Å². The van der Waals surface area contributed by atoms with Crippen LogP contribution >= 0.6 is 0 Å². The Labute approximate surface area is 123 Å². The summed E-state index contributed by atoms with van der Waals surface area (Å²) >= 11 is 0. The summed E-state index contributed by atoms with van der Waals surface area (Å²) in [6.45, 7) is 3.35. The summed E-state index contributed by atoms with van der Waals surface area (Å²) in [7, 11) is 0. The van der Waals surface area contributed by atoms with Crippen molar-refractivity contribution in [1.82, 2.24) is 10.3 Å². The average molecular weight is 292 g/mol. The Hall–Kier alpha value is -2.01. The van der Waals surface area contributed by atoms with Crippen LogP contribution in [0.15, 0.2) is 36.7 Å². The lowest BCUT2D eigenvalue weighted by atomic mass is 10.2. The van der Waals surface area contributed by atoms with Crippen molar-refractivity contribution in [3.63, 3.8) is 0 Å². The van der Waals surface area contributed by atoms with Crippen LogP contribution in [0.2, 0.25) is 0 Å². The van der Waals surface area contributed by atoms with Gasteiger partial charge in [0.2, 0.25) is 0 Å². The van der Waals surface area contributed by atoms with Crippen LogP contribution in [0.1, 0.15) is 24.5 Å². The zero-order valence-corrected chi connectivity index (χ0v) is 11.9. The first-order valence-corrected chi connectivity index (χ1v) is 6.91. The lowest BCUT2D eigenvalue weighted by Gasteiger charge is -2.10. The molecule has 0 aliphatic heterocycles. The Balaban J connectivity index is 2.03. The molecule has 2 aromatic rings. The van der Waals surface area contributed by atoms with E-state index in [-0.39, 0.29) is 12.4 Å². The molecule has 1 aromatic heterocycles. The van der Waals surface area contributed by atoms with E-state index in [1.807, 2.05) is 6.92 Å². The summed E-state index contributed by atoms with van der Waals surface area (Å²) in [5, 5.41) is 3.10. The highest BCUT2D eigenvalue weighted by atomic mass is 19.1. The third-order valence-electron chi connectivity index (χ3n) is 2.92. The van der Waals surface area contributed by atoms with Gasteiger partial charge in [0.05, 0.1) is 0 Å². The monoisotopic (exact) mass is 292 g/mol. The van der Waals surface area contributed by atoms with Gasteiger partial charge in [-0.3, -0.25) is 4.98 Å². The average Bonchev–Trinajstić information content (AvgIpc) is 2.48. The van der Waals surface area contributed by atoms with Gasteiger partial charge in [-0.15, -0.1) is 0 Å². The van der Waals surface area contributed by atoms with Gasteiger partial charge in [-0.1, -0.05) is 13.0 Å². The lowest BCUT2D eigenvalue weighted by molar-refractivity contribution is 0.273. The molecule has 0 atom stereocenters. The first-order chi connectivity index (χ1) is 10.2. The number of rotatable bonds is 7. The molecule has 0 aliphatic carbocycles. The molecule has 2 rings (SSSR count). The summed E-state index contributed by atoms with van der Waals surface area (Å²) in [4.78, 5) is 3.92.